The molecular weight excluding hydrogens is 120 g/mol. The molecule has 2 unspecified atom stereocenters. The molecule has 0 fully saturated rings. The molecule has 1 N–H and O–H groups in total. The van der Waals surface area contributed by atoms with Crippen LogP contribution in [0.5, 0.6) is 0 Å². The minimum absolute atomic E-state index is 0.284. The van der Waals surface area contributed by atoms with Gasteiger partial charge in [-0.2, -0.15) is 12.6 Å². The fourth-order valence-electron chi connectivity index (χ4n) is 0.445. The van der Waals surface area contributed by atoms with Crippen LogP contribution in [-0.4, -0.2) is 17.0 Å². The summed E-state index contributed by atoms with van der Waals surface area (Å²) in [5.74, 6) is 0.531. The highest BCUT2D eigenvalue weighted by molar-refractivity contribution is 7.80. The zero-order chi connectivity index (χ0) is 6.57. The van der Waals surface area contributed by atoms with E-state index in [-0.39, 0.29) is 6.61 Å². The summed E-state index contributed by atoms with van der Waals surface area (Å²) in [6.07, 6.45) is 0.866. The highest BCUT2D eigenvalue weighted by Gasteiger charge is 2.04. The van der Waals surface area contributed by atoms with Crippen LogP contribution >= 0.6 is 12.6 Å². The van der Waals surface area contributed by atoms with Gasteiger partial charge in [-0.25, -0.2) is 0 Å². The molecule has 0 amide bonds. The average Bonchev–Trinajstić information content (AvgIpc) is 1.67. The van der Waals surface area contributed by atoms with Gasteiger partial charge < -0.3 is 5.11 Å². The third kappa shape index (κ3) is 3.33. The highest BCUT2D eigenvalue weighted by atomic mass is 32.1. The van der Waals surface area contributed by atoms with Gasteiger partial charge in [0.25, 0.3) is 0 Å². The van der Waals surface area contributed by atoms with Crippen molar-refractivity contribution in [3.8, 4) is 0 Å². The first-order valence-electron chi connectivity index (χ1n) is 2.97. The second kappa shape index (κ2) is 4.21. The van der Waals surface area contributed by atoms with Crippen molar-refractivity contribution in [3.63, 3.8) is 0 Å². The summed E-state index contributed by atoms with van der Waals surface area (Å²) in [6, 6.07) is 0. The molecule has 0 aromatic rings. The van der Waals surface area contributed by atoms with Gasteiger partial charge in [-0.05, 0) is 12.3 Å². The van der Waals surface area contributed by atoms with Crippen molar-refractivity contribution in [2.45, 2.75) is 25.5 Å². The first-order valence-corrected chi connectivity index (χ1v) is 3.49. The van der Waals surface area contributed by atoms with Gasteiger partial charge in [-0.15, -0.1) is 0 Å². The second-order valence-electron chi connectivity index (χ2n) is 2.23. The fourth-order valence-corrected chi connectivity index (χ4v) is 0.594. The molecule has 0 aliphatic rings. The number of aliphatic hydroxyl groups excluding tert-OH is 1. The van der Waals surface area contributed by atoms with E-state index in [9.17, 15) is 0 Å². The van der Waals surface area contributed by atoms with Gasteiger partial charge in [0.15, 0.2) is 0 Å². The monoisotopic (exact) mass is 134 g/mol. The molecular formula is C6H14OS. The molecule has 1 nitrogen and oxygen atoms in total. The molecule has 0 aliphatic heterocycles. The molecule has 0 saturated heterocycles. The van der Waals surface area contributed by atoms with Gasteiger partial charge in [0.1, 0.15) is 0 Å². The van der Waals surface area contributed by atoms with Gasteiger partial charge in [-0.3, -0.25) is 0 Å². The fraction of sp³-hybridized carbons (Fsp3) is 1.00. The molecule has 0 aromatic carbocycles. The van der Waals surface area contributed by atoms with Gasteiger partial charge >= 0.3 is 0 Å². The van der Waals surface area contributed by atoms with Crippen LogP contribution < -0.4 is 0 Å². The zero-order valence-corrected chi connectivity index (χ0v) is 6.36. The first-order chi connectivity index (χ1) is 3.68. The van der Waals surface area contributed by atoms with Crippen LogP contribution in [0.4, 0.5) is 0 Å². The number of aliphatic hydroxyl groups is 1. The Hall–Kier alpha value is 0.310. The smallest absolute Gasteiger partial charge is 0.0433 e. The normalized spacial score (nSPS) is 18.0. The number of rotatable bonds is 3. The van der Waals surface area contributed by atoms with Crippen molar-refractivity contribution in [1.82, 2.24) is 0 Å². The molecule has 0 aliphatic carbocycles. The second-order valence-corrected chi connectivity index (χ2v) is 3.04. The van der Waals surface area contributed by atoms with Crippen LogP contribution in [0.2, 0.25) is 0 Å². The van der Waals surface area contributed by atoms with E-state index in [0.717, 1.165) is 6.42 Å². The molecule has 0 aromatic heterocycles. The molecule has 2 atom stereocenters. The van der Waals surface area contributed by atoms with Crippen molar-refractivity contribution in [2.75, 3.05) is 6.61 Å². The maximum absolute atomic E-state index is 8.45. The summed E-state index contributed by atoms with van der Waals surface area (Å²) in [5.41, 5.74) is 0. The van der Waals surface area contributed by atoms with Crippen LogP contribution in [0.1, 0.15) is 20.3 Å². The minimum Gasteiger partial charge on any atom is -0.396 e. The Balaban J connectivity index is 3.17. The predicted molar refractivity (Wildman–Crippen MR) is 39.3 cm³/mol. The summed E-state index contributed by atoms with van der Waals surface area (Å²) in [7, 11) is 0. The largest absolute Gasteiger partial charge is 0.396 e. The summed E-state index contributed by atoms with van der Waals surface area (Å²) < 4.78 is 0. The van der Waals surface area contributed by atoms with E-state index < -0.39 is 0 Å². The summed E-state index contributed by atoms with van der Waals surface area (Å²) in [6.45, 7) is 4.42. The molecule has 2 heteroatoms. The molecule has 0 saturated carbocycles. The van der Waals surface area contributed by atoms with Crippen molar-refractivity contribution < 1.29 is 5.11 Å². The van der Waals surface area contributed by atoms with Gasteiger partial charge in [-0.1, -0.05) is 13.8 Å². The maximum atomic E-state index is 8.45. The Morgan fingerprint density at radius 2 is 2.00 bits per heavy atom. The van der Waals surface area contributed by atoms with E-state index in [1.165, 1.54) is 0 Å². The lowest BCUT2D eigenvalue weighted by Crippen LogP contribution is -2.08. The van der Waals surface area contributed by atoms with E-state index in [2.05, 4.69) is 19.6 Å². The van der Waals surface area contributed by atoms with Crippen molar-refractivity contribution in [1.29, 1.82) is 0 Å². The van der Waals surface area contributed by atoms with Gasteiger partial charge in [0, 0.05) is 11.9 Å². The van der Waals surface area contributed by atoms with Crippen LogP contribution in [0.3, 0.4) is 0 Å². The van der Waals surface area contributed by atoms with Gasteiger partial charge in [0.2, 0.25) is 0 Å². The zero-order valence-electron chi connectivity index (χ0n) is 5.46. The van der Waals surface area contributed by atoms with Crippen molar-refractivity contribution in [3.05, 3.63) is 0 Å². The third-order valence-corrected chi connectivity index (χ3v) is 1.92. The van der Waals surface area contributed by atoms with Crippen LogP contribution in [-0.2, 0) is 0 Å². The topological polar surface area (TPSA) is 20.2 Å². The molecule has 50 valence electrons. The molecule has 0 bridgehead atoms. The average molecular weight is 134 g/mol. The number of hydrogen-bond donors (Lipinski definition) is 2. The first kappa shape index (κ1) is 8.31. The van der Waals surface area contributed by atoms with Crippen LogP contribution in [0, 0.1) is 5.92 Å². The summed E-state index contributed by atoms with van der Waals surface area (Å²) in [5, 5.41) is 8.86. The Morgan fingerprint density at radius 3 is 2.12 bits per heavy atom. The highest BCUT2D eigenvalue weighted by Crippen LogP contribution is 2.11. The lowest BCUT2D eigenvalue weighted by Gasteiger charge is -2.11. The van der Waals surface area contributed by atoms with Crippen LogP contribution in [0.25, 0.3) is 0 Å². The van der Waals surface area contributed by atoms with Crippen LogP contribution in [0.15, 0.2) is 0 Å². The van der Waals surface area contributed by atoms with Crippen molar-refractivity contribution >= 4 is 12.6 Å². The van der Waals surface area contributed by atoms with E-state index >= 15 is 0 Å². The predicted octanol–water partition coefficient (Wildman–Crippen LogP) is 1.32. The molecule has 0 heterocycles. The molecule has 8 heavy (non-hydrogen) atoms. The minimum atomic E-state index is 0.284. The molecule has 0 rings (SSSR count). The Morgan fingerprint density at radius 1 is 1.50 bits per heavy atom. The van der Waals surface area contributed by atoms with E-state index in [4.69, 9.17) is 5.11 Å². The SMILES string of the molecule is CC(S)C(C)CCO. The Labute approximate surface area is 56.5 Å². The van der Waals surface area contributed by atoms with E-state index in [0.29, 0.717) is 11.2 Å². The van der Waals surface area contributed by atoms with Gasteiger partial charge in [0.05, 0.1) is 0 Å². The van der Waals surface area contributed by atoms with E-state index in [1.54, 1.807) is 0 Å². The summed E-state index contributed by atoms with van der Waals surface area (Å²) in [4.78, 5) is 0. The quantitative estimate of drug-likeness (QED) is 0.558. The van der Waals surface area contributed by atoms with E-state index in [1.807, 2.05) is 6.92 Å². The standard InChI is InChI=1S/C6H14OS/c1-5(3-4-7)6(2)8/h5-8H,3-4H2,1-2H3. The lowest BCUT2D eigenvalue weighted by atomic mass is 10.1. The Kier molecular flexibility index (Phi) is 4.38. The maximum Gasteiger partial charge on any atom is 0.0433 e. The number of hydrogen-bond acceptors (Lipinski definition) is 2. The number of thiol groups is 1. The lowest BCUT2D eigenvalue weighted by molar-refractivity contribution is 0.262. The summed E-state index contributed by atoms with van der Waals surface area (Å²) >= 11 is 4.22. The molecule has 0 spiro atoms. The third-order valence-electron chi connectivity index (χ3n) is 1.41. The molecule has 0 radical (unpaired) electrons. The Bertz CT molecular complexity index is 54.5. The van der Waals surface area contributed by atoms with Crippen molar-refractivity contribution in [2.24, 2.45) is 5.92 Å².